The normalized spacial score (nSPS) is 18.6. The molecule has 0 spiro atoms. The SMILES string of the molecule is Cc1cc(Br)cc(CCC(=O)[C@H](C)NC(=O)[C@@H]2CC[C@@H](Cc3ccccc3)C2)c1-n1cnnn1. The summed E-state index contributed by atoms with van der Waals surface area (Å²) in [6, 6.07) is 13.9. The molecule has 34 heavy (non-hydrogen) atoms. The van der Waals surface area contributed by atoms with Crippen molar-refractivity contribution in [3.8, 4) is 5.69 Å². The topological polar surface area (TPSA) is 89.8 Å². The molecule has 1 aliphatic carbocycles. The van der Waals surface area contributed by atoms with Crippen molar-refractivity contribution in [2.45, 2.75) is 58.4 Å². The number of carbonyl (C=O) groups excluding carboxylic acids is 2. The van der Waals surface area contributed by atoms with Gasteiger partial charge in [-0.3, -0.25) is 9.59 Å². The molecule has 7 nitrogen and oxygen atoms in total. The van der Waals surface area contributed by atoms with Crippen molar-refractivity contribution in [1.29, 1.82) is 0 Å². The van der Waals surface area contributed by atoms with Crippen LogP contribution in [-0.4, -0.2) is 37.9 Å². The molecule has 178 valence electrons. The first-order chi connectivity index (χ1) is 16.4. The van der Waals surface area contributed by atoms with Gasteiger partial charge in [-0.15, -0.1) is 5.10 Å². The van der Waals surface area contributed by atoms with Crippen LogP contribution >= 0.6 is 15.9 Å². The number of aromatic nitrogens is 4. The van der Waals surface area contributed by atoms with Crippen LogP contribution in [0.3, 0.4) is 0 Å². The Bertz CT molecular complexity index is 1130. The molecule has 8 heteroatoms. The molecule has 0 radical (unpaired) electrons. The molecule has 3 atom stereocenters. The number of halogens is 1. The summed E-state index contributed by atoms with van der Waals surface area (Å²) >= 11 is 3.54. The zero-order chi connectivity index (χ0) is 24.1. The summed E-state index contributed by atoms with van der Waals surface area (Å²) in [6.07, 6.45) is 6.25. The van der Waals surface area contributed by atoms with Crippen LogP contribution in [-0.2, 0) is 22.4 Å². The van der Waals surface area contributed by atoms with Gasteiger partial charge in [0, 0.05) is 16.8 Å². The first-order valence-corrected chi connectivity index (χ1v) is 12.6. The Morgan fingerprint density at radius 1 is 1.21 bits per heavy atom. The number of rotatable bonds is 9. The molecule has 0 bridgehead atoms. The van der Waals surface area contributed by atoms with E-state index < -0.39 is 6.04 Å². The van der Waals surface area contributed by atoms with Crippen molar-refractivity contribution < 1.29 is 9.59 Å². The van der Waals surface area contributed by atoms with Crippen LogP contribution < -0.4 is 5.32 Å². The number of carbonyl (C=O) groups is 2. The second kappa shape index (κ2) is 11.0. The van der Waals surface area contributed by atoms with Crippen LogP contribution in [0.1, 0.15) is 49.3 Å². The van der Waals surface area contributed by atoms with E-state index >= 15 is 0 Å². The molecule has 1 saturated carbocycles. The molecule has 1 heterocycles. The van der Waals surface area contributed by atoms with Gasteiger partial charge in [-0.25, -0.2) is 4.68 Å². The van der Waals surface area contributed by atoms with Crippen LogP contribution in [0, 0.1) is 18.8 Å². The molecule has 1 amide bonds. The van der Waals surface area contributed by atoms with Crippen LogP contribution in [0.2, 0.25) is 0 Å². The third kappa shape index (κ3) is 5.97. The van der Waals surface area contributed by atoms with Crippen molar-refractivity contribution in [2.24, 2.45) is 11.8 Å². The lowest BCUT2D eigenvalue weighted by Gasteiger charge is -2.17. The Morgan fingerprint density at radius 2 is 2.00 bits per heavy atom. The lowest BCUT2D eigenvalue weighted by atomic mass is 9.96. The zero-order valence-corrected chi connectivity index (χ0v) is 21.2. The van der Waals surface area contributed by atoms with E-state index in [2.05, 4.69) is 61.0 Å². The summed E-state index contributed by atoms with van der Waals surface area (Å²) in [5, 5.41) is 14.4. The number of ketones is 1. The van der Waals surface area contributed by atoms with E-state index in [1.54, 1.807) is 17.9 Å². The average molecular weight is 524 g/mol. The Hall–Kier alpha value is -2.87. The molecule has 1 N–H and O–H groups in total. The molecular weight excluding hydrogens is 494 g/mol. The molecule has 0 saturated heterocycles. The maximum atomic E-state index is 12.9. The minimum absolute atomic E-state index is 0.00379. The minimum Gasteiger partial charge on any atom is -0.346 e. The Morgan fingerprint density at radius 3 is 2.74 bits per heavy atom. The molecule has 3 aromatic rings. The van der Waals surface area contributed by atoms with Gasteiger partial charge in [-0.05, 0) is 91.1 Å². The summed E-state index contributed by atoms with van der Waals surface area (Å²) in [5.41, 5.74) is 4.19. The van der Waals surface area contributed by atoms with Gasteiger partial charge in [0.15, 0.2) is 5.78 Å². The fourth-order valence-corrected chi connectivity index (χ4v) is 5.54. The average Bonchev–Trinajstić information content (AvgIpc) is 3.50. The number of Topliss-reactive ketones (excluding diaryl/α,β-unsaturated/α-hetero) is 1. The molecule has 0 aliphatic heterocycles. The van der Waals surface area contributed by atoms with Gasteiger partial charge < -0.3 is 5.32 Å². The fraction of sp³-hybridized carbons (Fsp3) is 0.423. The standard InChI is InChI=1S/C26H30BrN5O2/c1-17-12-23(27)15-21(25(17)32-16-28-30-31-32)10-11-24(33)18(2)29-26(34)22-9-8-20(14-22)13-19-6-4-3-5-7-19/h3-7,12,15-16,18,20,22H,8-11,13-14H2,1-2H3,(H,29,34)/t18-,20-,22+/m0/s1. The first kappa shape index (κ1) is 24.3. The lowest BCUT2D eigenvalue weighted by molar-refractivity contribution is -0.129. The van der Waals surface area contributed by atoms with Gasteiger partial charge in [-0.1, -0.05) is 46.3 Å². The number of amides is 1. The number of nitrogens with one attached hydrogen (secondary N) is 1. The van der Waals surface area contributed by atoms with Crippen molar-refractivity contribution in [3.63, 3.8) is 0 Å². The van der Waals surface area contributed by atoms with E-state index in [4.69, 9.17) is 0 Å². The van der Waals surface area contributed by atoms with E-state index in [-0.39, 0.29) is 17.6 Å². The van der Waals surface area contributed by atoms with E-state index in [1.807, 2.05) is 25.1 Å². The quantitative estimate of drug-likeness (QED) is 0.448. The Balaban J connectivity index is 1.30. The van der Waals surface area contributed by atoms with Gasteiger partial charge in [0.05, 0.1) is 11.7 Å². The third-order valence-corrected chi connectivity index (χ3v) is 7.14. The van der Waals surface area contributed by atoms with Gasteiger partial charge in [0.2, 0.25) is 5.91 Å². The van der Waals surface area contributed by atoms with Gasteiger partial charge in [0.25, 0.3) is 0 Å². The van der Waals surface area contributed by atoms with Gasteiger partial charge in [-0.2, -0.15) is 0 Å². The molecule has 1 aromatic heterocycles. The largest absolute Gasteiger partial charge is 0.346 e. The summed E-state index contributed by atoms with van der Waals surface area (Å²) < 4.78 is 2.57. The summed E-state index contributed by atoms with van der Waals surface area (Å²) in [5.74, 6) is 0.535. The maximum absolute atomic E-state index is 12.9. The summed E-state index contributed by atoms with van der Waals surface area (Å²) in [4.78, 5) is 25.7. The molecule has 1 fully saturated rings. The number of aryl methyl sites for hydroxylation is 2. The van der Waals surface area contributed by atoms with E-state index in [0.717, 1.165) is 47.0 Å². The first-order valence-electron chi connectivity index (χ1n) is 11.8. The summed E-state index contributed by atoms with van der Waals surface area (Å²) in [6.45, 7) is 3.77. The number of tetrazole rings is 1. The Kier molecular flexibility index (Phi) is 7.88. The third-order valence-electron chi connectivity index (χ3n) is 6.68. The molecule has 1 aliphatic rings. The van der Waals surface area contributed by atoms with Crippen LogP contribution in [0.4, 0.5) is 0 Å². The van der Waals surface area contributed by atoms with Gasteiger partial charge in [0.1, 0.15) is 6.33 Å². The highest BCUT2D eigenvalue weighted by atomic mass is 79.9. The molecule has 4 rings (SSSR count). The smallest absolute Gasteiger partial charge is 0.223 e. The highest BCUT2D eigenvalue weighted by molar-refractivity contribution is 9.10. The van der Waals surface area contributed by atoms with Crippen LogP contribution in [0.5, 0.6) is 0 Å². The maximum Gasteiger partial charge on any atom is 0.223 e. The van der Waals surface area contributed by atoms with Crippen molar-refractivity contribution >= 4 is 27.6 Å². The molecular formula is C26H30BrN5O2. The van der Waals surface area contributed by atoms with E-state index in [1.165, 1.54) is 5.56 Å². The molecule has 0 unspecified atom stereocenters. The van der Waals surface area contributed by atoms with Crippen molar-refractivity contribution in [3.05, 3.63) is 70.0 Å². The molecule has 2 aromatic carbocycles. The minimum atomic E-state index is -0.509. The van der Waals surface area contributed by atoms with E-state index in [9.17, 15) is 9.59 Å². The van der Waals surface area contributed by atoms with Crippen molar-refractivity contribution in [2.75, 3.05) is 0 Å². The van der Waals surface area contributed by atoms with E-state index in [0.29, 0.717) is 18.8 Å². The van der Waals surface area contributed by atoms with Crippen molar-refractivity contribution in [1.82, 2.24) is 25.5 Å². The zero-order valence-electron chi connectivity index (χ0n) is 19.6. The second-order valence-electron chi connectivity index (χ2n) is 9.25. The predicted octanol–water partition coefficient (Wildman–Crippen LogP) is 4.40. The number of hydrogen-bond donors (Lipinski definition) is 1. The monoisotopic (exact) mass is 523 g/mol. The second-order valence-corrected chi connectivity index (χ2v) is 10.2. The fourth-order valence-electron chi connectivity index (χ4n) is 4.92. The summed E-state index contributed by atoms with van der Waals surface area (Å²) in [7, 11) is 0. The van der Waals surface area contributed by atoms with Crippen LogP contribution in [0.15, 0.2) is 53.3 Å². The highest BCUT2D eigenvalue weighted by Gasteiger charge is 2.31. The van der Waals surface area contributed by atoms with Crippen LogP contribution in [0.25, 0.3) is 5.69 Å². The number of benzene rings is 2. The Labute approximate surface area is 208 Å². The lowest BCUT2D eigenvalue weighted by Crippen LogP contribution is -2.41. The number of hydrogen-bond acceptors (Lipinski definition) is 5. The predicted molar refractivity (Wildman–Crippen MR) is 134 cm³/mol. The van der Waals surface area contributed by atoms with Gasteiger partial charge >= 0.3 is 0 Å². The highest BCUT2D eigenvalue weighted by Crippen LogP contribution is 2.33. The number of nitrogens with zero attached hydrogens (tertiary/aromatic N) is 4.